The molecule has 1 fully saturated rings. The summed E-state index contributed by atoms with van der Waals surface area (Å²) in [6.07, 6.45) is 3.04. The number of aliphatic carboxylic acids is 1. The van der Waals surface area contributed by atoms with Gasteiger partial charge in [0.05, 0.1) is 7.11 Å². The Morgan fingerprint density at radius 2 is 2.03 bits per heavy atom. The van der Waals surface area contributed by atoms with Crippen LogP contribution in [0.3, 0.4) is 0 Å². The second-order valence-corrected chi connectivity index (χ2v) is 9.19. The summed E-state index contributed by atoms with van der Waals surface area (Å²) in [5.41, 5.74) is 1.49. The Bertz CT molecular complexity index is 1100. The highest BCUT2D eigenvalue weighted by molar-refractivity contribution is 8.01. The van der Waals surface area contributed by atoms with E-state index in [1.165, 1.54) is 47.9 Å². The number of hydrogen-bond donors (Lipinski definition) is 3. The van der Waals surface area contributed by atoms with E-state index in [4.69, 9.17) is 4.74 Å². The van der Waals surface area contributed by atoms with Crippen LogP contribution in [-0.2, 0) is 16.1 Å². The van der Waals surface area contributed by atoms with Gasteiger partial charge in [-0.1, -0.05) is 42.1 Å². The number of fused-ring (bicyclic) bond motifs is 1. The molecule has 0 saturated carbocycles. The fraction of sp³-hybridized carbons (Fsp3) is 0.286. The van der Waals surface area contributed by atoms with Crippen molar-refractivity contribution >= 4 is 41.4 Å². The molecule has 2 aromatic rings. The largest absolute Gasteiger partial charge is 0.479 e. The number of rotatable bonds is 8. The van der Waals surface area contributed by atoms with E-state index in [2.05, 4.69) is 20.6 Å². The predicted octanol–water partition coefficient (Wildman–Crippen LogP) is 1.70. The molecule has 3 heterocycles. The second kappa shape index (κ2) is 10.1. The molecule has 3 amide bonds. The second-order valence-electron chi connectivity index (χ2n) is 7.12. The molecule has 0 bridgehead atoms. The van der Waals surface area contributed by atoms with Gasteiger partial charge >= 0.3 is 12.0 Å². The normalized spacial score (nSPS) is 19.4. The summed E-state index contributed by atoms with van der Waals surface area (Å²) in [5.74, 6) is -0.542. The summed E-state index contributed by atoms with van der Waals surface area (Å²) in [7, 11) is 1.49. The van der Waals surface area contributed by atoms with Crippen LogP contribution in [-0.4, -0.2) is 67.9 Å². The van der Waals surface area contributed by atoms with Crippen molar-refractivity contribution in [3.63, 3.8) is 0 Å². The Labute approximate surface area is 198 Å². The first-order valence-electron chi connectivity index (χ1n) is 9.95. The number of carbonyl (C=O) groups is 3. The maximum atomic E-state index is 12.8. The molecule has 2 aliphatic heterocycles. The summed E-state index contributed by atoms with van der Waals surface area (Å²) in [4.78, 5) is 46.6. The molecular formula is C21H21N5O5S2. The molecular weight excluding hydrogens is 466 g/mol. The highest BCUT2D eigenvalue weighted by Gasteiger charge is 2.54. The minimum Gasteiger partial charge on any atom is -0.479 e. The van der Waals surface area contributed by atoms with Crippen molar-refractivity contribution < 1.29 is 24.2 Å². The molecule has 1 aromatic carbocycles. The van der Waals surface area contributed by atoms with E-state index in [-0.39, 0.29) is 5.70 Å². The number of nitrogens with one attached hydrogen (secondary N) is 2. The van der Waals surface area contributed by atoms with Crippen LogP contribution in [0.1, 0.15) is 5.56 Å². The maximum absolute atomic E-state index is 12.8. The van der Waals surface area contributed by atoms with E-state index in [0.29, 0.717) is 34.5 Å². The van der Waals surface area contributed by atoms with E-state index in [1.807, 2.05) is 30.3 Å². The van der Waals surface area contributed by atoms with Crippen molar-refractivity contribution in [2.24, 2.45) is 0 Å². The SMILES string of the molecule is COc1nccnc1SCC1=C(C(=O)O)N2C(=O)C(NC(=O)NCc3ccccc3)[C@@H]2SC1. The van der Waals surface area contributed by atoms with E-state index in [1.54, 1.807) is 0 Å². The number of amides is 3. The topological polar surface area (TPSA) is 134 Å². The number of hydrogen-bond acceptors (Lipinski definition) is 8. The van der Waals surface area contributed by atoms with Gasteiger partial charge in [0, 0.05) is 30.4 Å². The summed E-state index contributed by atoms with van der Waals surface area (Å²) in [5, 5.41) is 15.3. The standard InChI is InChI=1S/C21H21N5O5S2/c1-31-16-17(23-8-7-22-16)32-10-13-11-33-19-14(18(27)26(19)15(13)20(28)29)25-21(30)24-9-12-5-3-2-4-6-12/h2-8,14,19H,9-11H2,1H3,(H,28,29)(H2,24,25,30)/t14?,19-/m0/s1. The molecule has 0 aliphatic carbocycles. The smallest absolute Gasteiger partial charge is 0.352 e. The Balaban J connectivity index is 1.40. The van der Waals surface area contributed by atoms with Crippen molar-refractivity contribution in [3.05, 3.63) is 59.6 Å². The zero-order valence-corrected chi connectivity index (χ0v) is 19.2. The summed E-state index contributed by atoms with van der Waals surface area (Å²) in [6.45, 7) is 0.322. The monoisotopic (exact) mass is 487 g/mol. The number of thioether (sulfide) groups is 2. The molecule has 10 nitrogen and oxygen atoms in total. The third-order valence-electron chi connectivity index (χ3n) is 5.04. The van der Waals surface area contributed by atoms with Crippen LogP contribution >= 0.6 is 23.5 Å². The van der Waals surface area contributed by atoms with Crippen LogP contribution in [0.15, 0.2) is 59.0 Å². The molecule has 33 heavy (non-hydrogen) atoms. The molecule has 0 radical (unpaired) electrons. The van der Waals surface area contributed by atoms with Gasteiger partial charge in [-0.15, -0.1) is 11.8 Å². The quantitative estimate of drug-likeness (QED) is 0.376. The Morgan fingerprint density at radius 3 is 2.76 bits per heavy atom. The first kappa shape index (κ1) is 22.9. The zero-order chi connectivity index (χ0) is 23.4. The van der Waals surface area contributed by atoms with Gasteiger partial charge in [-0.3, -0.25) is 9.69 Å². The predicted molar refractivity (Wildman–Crippen MR) is 123 cm³/mol. The number of methoxy groups -OCH3 is 1. The van der Waals surface area contributed by atoms with Crippen molar-refractivity contribution in [1.82, 2.24) is 25.5 Å². The van der Waals surface area contributed by atoms with Gasteiger partial charge in [0.1, 0.15) is 17.1 Å². The molecule has 4 rings (SSSR count). The van der Waals surface area contributed by atoms with Crippen LogP contribution in [0.4, 0.5) is 4.79 Å². The summed E-state index contributed by atoms with van der Waals surface area (Å²) < 4.78 is 5.18. The number of β-lactam (4-membered cyclic amide) rings is 1. The number of urea groups is 1. The fourth-order valence-electron chi connectivity index (χ4n) is 3.47. The lowest BCUT2D eigenvalue weighted by atomic mass is 10.0. The van der Waals surface area contributed by atoms with Gasteiger partial charge in [-0.05, 0) is 11.1 Å². The average molecular weight is 488 g/mol. The fourth-order valence-corrected chi connectivity index (χ4v) is 5.89. The first-order chi connectivity index (χ1) is 16.0. The van der Waals surface area contributed by atoms with Crippen LogP contribution in [0.25, 0.3) is 0 Å². The van der Waals surface area contributed by atoms with Crippen LogP contribution < -0.4 is 15.4 Å². The molecule has 1 unspecified atom stereocenters. The first-order valence-corrected chi connectivity index (χ1v) is 12.0. The van der Waals surface area contributed by atoms with E-state index in [0.717, 1.165) is 5.56 Å². The number of carboxylic acids is 1. The van der Waals surface area contributed by atoms with E-state index >= 15 is 0 Å². The summed E-state index contributed by atoms with van der Waals surface area (Å²) >= 11 is 2.71. The lowest BCUT2D eigenvalue weighted by Gasteiger charge is -2.49. The van der Waals surface area contributed by atoms with Crippen molar-refractivity contribution in [2.45, 2.75) is 23.0 Å². The van der Waals surface area contributed by atoms with Gasteiger partial charge in [0.15, 0.2) is 5.03 Å². The highest BCUT2D eigenvalue weighted by Crippen LogP contribution is 2.41. The van der Waals surface area contributed by atoms with Crippen LogP contribution in [0.5, 0.6) is 5.88 Å². The zero-order valence-electron chi connectivity index (χ0n) is 17.6. The Kier molecular flexibility index (Phi) is 7.04. The van der Waals surface area contributed by atoms with E-state index in [9.17, 15) is 19.5 Å². The van der Waals surface area contributed by atoms with Crippen molar-refractivity contribution in [2.75, 3.05) is 18.6 Å². The van der Waals surface area contributed by atoms with Crippen molar-refractivity contribution in [3.8, 4) is 5.88 Å². The van der Waals surface area contributed by atoms with Crippen LogP contribution in [0.2, 0.25) is 0 Å². The molecule has 2 atom stereocenters. The maximum Gasteiger partial charge on any atom is 0.352 e. The Hall–Kier alpha value is -3.25. The number of aromatic nitrogens is 2. The number of nitrogens with zero attached hydrogens (tertiary/aromatic N) is 3. The molecule has 2 aliphatic rings. The Morgan fingerprint density at radius 1 is 1.27 bits per heavy atom. The molecule has 0 spiro atoms. The minimum atomic E-state index is -1.18. The average Bonchev–Trinajstić information content (AvgIpc) is 2.84. The number of carbonyl (C=O) groups excluding carboxylic acids is 2. The third-order valence-corrected chi connectivity index (χ3v) is 7.43. The number of carboxylic acid groups (broad SMARTS) is 1. The minimum absolute atomic E-state index is 0.0400. The van der Waals surface area contributed by atoms with Crippen LogP contribution in [0, 0.1) is 0 Å². The van der Waals surface area contributed by atoms with Gasteiger partial charge in [-0.2, -0.15) is 0 Å². The number of benzene rings is 1. The van der Waals surface area contributed by atoms with Gasteiger partial charge in [0.25, 0.3) is 5.91 Å². The van der Waals surface area contributed by atoms with Gasteiger partial charge < -0.3 is 20.5 Å². The highest BCUT2D eigenvalue weighted by atomic mass is 32.2. The lowest BCUT2D eigenvalue weighted by molar-refractivity contribution is -0.148. The number of ether oxygens (including phenoxy) is 1. The van der Waals surface area contributed by atoms with Gasteiger partial charge in [-0.25, -0.2) is 19.6 Å². The molecule has 12 heteroatoms. The van der Waals surface area contributed by atoms with Gasteiger partial charge in [0.2, 0.25) is 5.88 Å². The molecule has 172 valence electrons. The molecule has 1 saturated heterocycles. The molecule has 1 aromatic heterocycles. The third kappa shape index (κ3) is 4.91. The summed E-state index contributed by atoms with van der Waals surface area (Å²) in [6, 6.07) is 8.13. The van der Waals surface area contributed by atoms with Crippen molar-refractivity contribution in [1.29, 1.82) is 0 Å². The lowest BCUT2D eigenvalue weighted by Crippen LogP contribution is -2.71. The molecule has 3 N–H and O–H groups in total. The van der Waals surface area contributed by atoms with E-state index < -0.39 is 29.3 Å².